The van der Waals surface area contributed by atoms with Crippen LogP contribution in [0.3, 0.4) is 0 Å². The van der Waals surface area contributed by atoms with Gasteiger partial charge in [-0.25, -0.2) is 0 Å². The lowest BCUT2D eigenvalue weighted by Crippen LogP contribution is -2.34. The molecule has 0 aliphatic carbocycles. The summed E-state index contributed by atoms with van der Waals surface area (Å²) >= 11 is 8.70. The van der Waals surface area contributed by atoms with Gasteiger partial charge in [0.2, 0.25) is 5.91 Å². The fourth-order valence-corrected chi connectivity index (χ4v) is 3.29. The van der Waals surface area contributed by atoms with Gasteiger partial charge >= 0.3 is 0 Å². The van der Waals surface area contributed by atoms with E-state index >= 15 is 0 Å². The Kier molecular flexibility index (Phi) is 9.26. The molecule has 0 unspecified atom stereocenters. The number of rotatable bonds is 8. The van der Waals surface area contributed by atoms with E-state index in [2.05, 4.69) is 26.6 Å². The molecule has 30 heavy (non-hydrogen) atoms. The molecule has 0 aliphatic rings. The highest BCUT2D eigenvalue weighted by molar-refractivity contribution is 9.10. The van der Waals surface area contributed by atoms with Gasteiger partial charge in [-0.3, -0.25) is 14.9 Å². The standard InChI is InChI=1S/C22H26BrN3O3S/c1-4-12-29-19-10-9-16(14-18(19)23)21(28)25-22(30)24-17-7-5-6-15(13-17)8-11-20(27)26(2)3/h5-7,9-10,13-14H,4,8,11-12H2,1-3H3,(H2,24,25,28,30). The zero-order chi connectivity index (χ0) is 22.1. The molecule has 0 radical (unpaired) electrons. The molecule has 0 aliphatic heterocycles. The van der Waals surface area contributed by atoms with Crippen molar-refractivity contribution in [2.24, 2.45) is 0 Å². The number of nitrogens with one attached hydrogen (secondary N) is 2. The highest BCUT2D eigenvalue weighted by Gasteiger charge is 2.11. The van der Waals surface area contributed by atoms with Gasteiger partial charge < -0.3 is 15.0 Å². The summed E-state index contributed by atoms with van der Waals surface area (Å²) in [5, 5.41) is 5.89. The first kappa shape index (κ1) is 23.8. The molecule has 2 N–H and O–H groups in total. The van der Waals surface area contributed by atoms with Crippen molar-refractivity contribution in [1.29, 1.82) is 0 Å². The first-order valence-corrected chi connectivity index (χ1v) is 10.8. The zero-order valence-corrected chi connectivity index (χ0v) is 19.7. The molecule has 0 heterocycles. The highest BCUT2D eigenvalue weighted by Crippen LogP contribution is 2.26. The smallest absolute Gasteiger partial charge is 0.257 e. The van der Waals surface area contributed by atoms with E-state index < -0.39 is 0 Å². The molecule has 2 aromatic rings. The topological polar surface area (TPSA) is 70.7 Å². The predicted octanol–water partition coefficient (Wildman–Crippen LogP) is 4.39. The Morgan fingerprint density at radius 1 is 1.17 bits per heavy atom. The number of aryl methyl sites for hydroxylation is 1. The predicted molar refractivity (Wildman–Crippen MR) is 127 cm³/mol. The maximum Gasteiger partial charge on any atom is 0.257 e. The second-order valence-corrected chi connectivity index (χ2v) is 8.15. The molecule has 0 saturated carbocycles. The average molecular weight is 492 g/mol. The molecule has 0 atom stereocenters. The number of ether oxygens (including phenoxy) is 1. The Labute approximate surface area is 191 Å². The minimum atomic E-state index is -0.317. The molecule has 0 bridgehead atoms. The third-order valence-electron chi connectivity index (χ3n) is 4.19. The molecule has 2 aromatic carbocycles. The van der Waals surface area contributed by atoms with Crippen molar-refractivity contribution in [3.05, 3.63) is 58.1 Å². The number of amides is 2. The molecule has 6 nitrogen and oxygen atoms in total. The lowest BCUT2D eigenvalue weighted by atomic mass is 10.1. The average Bonchev–Trinajstić information content (AvgIpc) is 2.71. The lowest BCUT2D eigenvalue weighted by molar-refractivity contribution is -0.128. The quantitative estimate of drug-likeness (QED) is 0.536. The second-order valence-electron chi connectivity index (χ2n) is 6.89. The number of carbonyl (C=O) groups excluding carboxylic acids is 2. The summed E-state index contributed by atoms with van der Waals surface area (Å²) in [7, 11) is 3.48. The van der Waals surface area contributed by atoms with E-state index in [1.807, 2.05) is 31.2 Å². The minimum absolute atomic E-state index is 0.0772. The van der Waals surface area contributed by atoms with E-state index in [0.29, 0.717) is 35.2 Å². The first-order valence-electron chi connectivity index (χ1n) is 9.64. The van der Waals surface area contributed by atoms with Gasteiger partial charge in [0.25, 0.3) is 5.91 Å². The maximum absolute atomic E-state index is 12.5. The Morgan fingerprint density at radius 3 is 2.60 bits per heavy atom. The highest BCUT2D eigenvalue weighted by atomic mass is 79.9. The van der Waals surface area contributed by atoms with Crippen LogP contribution in [0.1, 0.15) is 35.7 Å². The molecular weight excluding hydrogens is 466 g/mol. The molecule has 0 spiro atoms. The van der Waals surface area contributed by atoms with Crippen LogP contribution in [0.5, 0.6) is 5.75 Å². The van der Waals surface area contributed by atoms with E-state index in [-0.39, 0.29) is 16.9 Å². The zero-order valence-electron chi connectivity index (χ0n) is 17.3. The fourth-order valence-electron chi connectivity index (χ4n) is 2.59. The van der Waals surface area contributed by atoms with Crippen LogP contribution in [0.4, 0.5) is 5.69 Å². The van der Waals surface area contributed by atoms with Crippen molar-refractivity contribution >= 4 is 50.8 Å². The maximum atomic E-state index is 12.5. The summed E-state index contributed by atoms with van der Waals surface area (Å²) in [6.45, 7) is 2.64. The summed E-state index contributed by atoms with van der Waals surface area (Å²) in [4.78, 5) is 25.8. The van der Waals surface area contributed by atoms with Gasteiger partial charge in [0.05, 0.1) is 11.1 Å². The first-order chi connectivity index (χ1) is 14.3. The van der Waals surface area contributed by atoms with Crippen molar-refractivity contribution in [3.63, 3.8) is 0 Å². The van der Waals surface area contributed by atoms with Crippen LogP contribution in [0.25, 0.3) is 0 Å². The summed E-state index contributed by atoms with van der Waals surface area (Å²) in [6.07, 6.45) is 1.97. The molecular formula is C22H26BrN3O3S. The Morgan fingerprint density at radius 2 is 1.93 bits per heavy atom. The SMILES string of the molecule is CCCOc1ccc(C(=O)NC(=S)Nc2cccc(CCC(=O)N(C)C)c2)cc1Br. The van der Waals surface area contributed by atoms with Gasteiger partial charge in [-0.1, -0.05) is 19.1 Å². The summed E-state index contributed by atoms with van der Waals surface area (Å²) in [5.41, 5.74) is 2.22. The van der Waals surface area contributed by atoms with E-state index in [1.54, 1.807) is 37.2 Å². The van der Waals surface area contributed by atoms with E-state index in [0.717, 1.165) is 17.7 Å². The summed E-state index contributed by atoms with van der Waals surface area (Å²) < 4.78 is 6.31. The minimum Gasteiger partial charge on any atom is -0.492 e. The van der Waals surface area contributed by atoms with Crippen LogP contribution < -0.4 is 15.4 Å². The van der Waals surface area contributed by atoms with Gasteiger partial charge in [-0.05, 0) is 76.9 Å². The monoisotopic (exact) mass is 491 g/mol. The van der Waals surface area contributed by atoms with Gasteiger partial charge in [-0.15, -0.1) is 0 Å². The van der Waals surface area contributed by atoms with E-state index in [1.165, 1.54) is 0 Å². The third-order valence-corrected chi connectivity index (χ3v) is 5.02. The van der Waals surface area contributed by atoms with Crippen LogP contribution in [0, 0.1) is 0 Å². The number of thiocarbonyl (C=S) groups is 1. The van der Waals surface area contributed by atoms with Crippen molar-refractivity contribution in [3.8, 4) is 5.75 Å². The van der Waals surface area contributed by atoms with E-state index in [4.69, 9.17) is 17.0 Å². The van der Waals surface area contributed by atoms with Crippen LogP contribution in [0.2, 0.25) is 0 Å². The summed E-state index contributed by atoms with van der Waals surface area (Å²) in [5.74, 6) is 0.454. The van der Waals surface area contributed by atoms with Gasteiger partial charge in [0.15, 0.2) is 5.11 Å². The molecule has 0 fully saturated rings. The number of hydrogen-bond donors (Lipinski definition) is 2. The molecule has 2 amide bonds. The molecule has 8 heteroatoms. The molecule has 160 valence electrons. The lowest BCUT2D eigenvalue weighted by Gasteiger charge is -2.13. The number of anilines is 1. The normalized spacial score (nSPS) is 10.3. The molecule has 0 saturated heterocycles. The molecule has 0 aromatic heterocycles. The number of hydrogen-bond acceptors (Lipinski definition) is 4. The second kappa shape index (κ2) is 11.7. The number of benzene rings is 2. The van der Waals surface area contributed by atoms with Gasteiger partial charge in [0, 0.05) is 31.8 Å². The van der Waals surface area contributed by atoms with Crippen molar-refractivity contribution in [2.75, 3.05) is 26.0 Å². The fraction of sp³-hybridized carbons (Fsp3) is 0.318. The van der Waals surface area contributed by atoms with Crippen LogP contribution in [0.15, 0.2) is 46.9 Å². The van der Waals surface area contributed by atoms with Crippen molar-refractivity contribution < 1.29 is 14.3 Å². The largest absolute Gasteiger partial charge is 0.492 e. The number of carbonyl (C=O) groups is 2. The van der Waals surface area contributed by atoms with Gasteiger partial charge in [0.1, 0.15) is 5.75 Å². The van der Waals surface area contributed by atoms with E-state index in [9.17, 15) is 9.59 Å². The Hall–Kier alpha value is -2.45. The third kappa shape index (κ3) is 7.42. The number of halogens is 1. The van der Waals surface area contributed by atoms with Crippen LogP contribution in [-0.2, 0) is 11.2 Å². The van der Waals surface area contributed by atoms with Gasteiger partial charge in [-0.2, -0.15) is 0 Å². The Bertz CT molecular complexity index is 918. The Balaban J connectivity index is 1.94. The van der Waals surface area contributed by atoms with Crippen LogP contribution >= 0.6 is 28.1 Å². The molecule has 2 rings (SSSR count). The summed E-state index contributed by atoms with van der Waals surface area (Å²) in [6, 6.07) is 12.7. The number of nitrogens with zero attached hydrogens (tertiary/aromatic N) is 1. The van der Waals surface area contributed by atoms with Crippen molar-refractivity contribution in [2.45, 2.75) is 26.2 Å². The van der Waals surface area contributed by atoms with Crippen LogP contribution in [-0.4, -0.2) is 42.5 Å². The van der Waals surface area contributed by atoms with Crippen molar-refractivity contribution in [1.82, 2.24) is 10.2 Å².